The molecular weight excluding hydrogens is 296 g/mol. The number of aromatic nitrogens is 2. The molecule has 0 aliphatic heterocycles. The molecule has 1 heterocycles. The van der Waals surface area contributed by atoms with E-state index in [0.717, 1.165) is 33.7 Å². The third-order valence-corrected chi connectivity index (χ3v) is 5.48. The first-order valence-corrected chi connectivity index (χ1v) is 9.17. The average molecular weight is 325 g/mol. The van der Waals surface area contributed by atoms with Crippen LogP contribution in [0.3, 0.4) is 0 Å². The van der Waals surface area contributed by atoms with Crippen LogP contribution in [0, 0.1) is 27.2 Å². The molecule has 0 saturated heterocycles. The van der Waals surface area contributed by atoms with Gasteiger partial charge in [0.25, 0.3) is 0 Å². The van der Waals surface area contributed by atoms with E-state index in [-0.39, 0.29) is 0 Å². The highest BCUT2D eigenvalue weighted by atomic mass is 32.1. The average Bonchev–Trinajstić information content (AvgIpc) is 2.74. The van der Waals surface area contributed by atoms with Crippen LogP contribution in [0.4, 0.5) is 0 Å². The third kappa shape index (κ3) is 5.33. The van der Waals surface area contributed by atoms with Crippen molar-refractivity contribution in [3.63, 3.8) is 0 Å². The Hall–Kier alpha value is -0.480. The van der Waals surface area contributed by atoms with Crippen molar-refractivity contribution in [3.8, 4) is 0 Å². The molecule has 118 valence electrons. The predicted octanol–water partition coefficient (Wildman–Crippen LogP) is 5.91. The number of hydrogen-bond donors (Lipinski definition) is 1. The van der Waals surface area contributed by atoms with Gasteiger partial charge in [-0.05, 0) is 55.3 Å². The van der Waals surface area contributed by atoms with Gasteiger partial charge in [-0.25, -0.2) is 0 Å². The molecule has 2 nitrogen and oxygen atoms in total. The van der Waals surface area contributed by atoms with Crippen LogP contribution in [-0.2, 0) is 6.54 Å². The van der Waals surface area contributed by atoms with Gasteiger partial charge in [0.2, 0.25) is 0 Å². The minimum atomic E-state index is 0.719. The first-order valence-electron chi connectivity index (χ1n) is 8.36. The number of rotatable bonds is 7. The van der Waals surface area contributed by atoms with E-state index < -0.39 is 0 Å². The molecule has 0 radical (unpaired) electrons. The van der Waals surface area contributed by atoms with Gasteiger partial charge in [-0.3, -0.25) is 0 Å². The number of hydrogen-bond acceptors (Lipinski definition) is 2. The van der Waals surface area contributed by atoms with Crippen molar-refractivity contribution in [2.45, 2.75) is 65.3 Å². The number of aryl methyl sites for hydroxylation is 1. The molecular formula is C17H28N2S2. The first-order chi connectivity index (χ1) is 10.1. The smallest absolute Gasteiger partial charge is 0.178 e. The summed E-state index contributed by atoms with van der Waals surface area (Å²) >= 11 is 10.3. The second-order valence-electron chi connectivity index (χ2n) is 6.82. The lowest BCUT2D eigenvalue weighted by atomic mass is 9.92. The Balaban J connectivity index is 1.60. The van der Waals surface area contributed by atoms with Crippen LogP contribution in [0.2, 0.25) is 0 Å². The Kier molecular flexibility index (Phi) is 6.62. The fourth-order valence-electron chi connectivity index (χ4n) is 3.74. The van der Waals surface area contributed by atoms with Gasteiger partial charge in [-0.2, -0.15) is 0 Å². The first kappa shape index (κ1) is 16.9. The zero-order valence-corrected chi connectivity index (χ0v) is 14.9. The van der Waals surface area contributed by atoms with Crippen molar-refractivity contribution in [2.75, 3.05) is 0 Å². The van der Waals surface area contributed by atoms with E-state index in [4.69, 9.17) is 24.4 Å². The number of unbranched alkanes of at least 4 members (excludes halogenated alkanes) is 3. The Morgan fingerprint density at radius 1 is 1.14 bits per heavy atom. The maximum atomic E-state index is 5.28. The van der Waals surface area contributed by atoms with Crippen LogP contribution in [0.25, 0.3) is 0 Å². The predicted molar refractivity (Wildman–Crippen MR) is 94.6 cm³/mol. The molecule has 1 aliphatic rings. The highest BCUT2D eigenvalue weighted by Crippen LogP contribution is 2.38. The van der Waals surface area contributed by atoms with Crippen LogP contribution in [0.1, 0.15) is 58.8 Å². The summed E-state index contributed by atoms with van der Waals surface area (Å²) in [6, 6.07) is 1.91. The van der Waals surface area contributed by atoms with Gasteiger partial charge in [0, 0.05) is 12.7 Å². The Morgan fingerprint density at radius 3 is 2.57 bits per heavy atom. The molecule has 1 aliphatic carbocycles. The molecule has 0 bridgehead atoms. The molecule has 1 N–H and O–H groups in total. The van der Waals surface area contributed by atoms with E-state index in [9.17, 15) is 0 Å². The largest absolute Gasteiger partial charge is 0.325 e. The molecule has 3 atom stereocenters. The summed E-state index contributed by atoms with van der Waals surface area (Å²) in [7, 11) is 0. The van der Waals surface area contributed by atoms with E-state index in [1.807, 2.05) is 12.3 Å². The van der Waals surface area contributed by atoms with Crippen molar-refractivity contribution in [2.24, 2.45) is 17.8 Å². The monoisotopic (exact) mass is 324 g/mol. The second-order valence-corrected chi connectivity index (χ2v) is 7.65. The van der Waals surface area contributed by atoms with Gasteiger partial charge >= 0.3 is 0 Å². The van der Waals surface area contributed by atoms with Gasteiger partial charge in [-0.15, -0.1) is 0 Å². The van der Waals surface area contributed by atoms with Crippen molar-refractivity contribution < 1.29 is 0 Å². The summed E-state index contributed by atoms with van der Waals surface area (Å²) in [5.74, 6) is 2.89. The molecule has 1 aromatic rings. The zero-order valence-electron chi connectivity index (χ0n) is 13.3. The van der Waals surface area contributed by atoms with Gasteiger partial charge < -0.3 is 9.55 Å². The van der Waals surface area contributed by atoms with Crippen molar-refractivity contribution in [1.29, 1.82) is 0 Å². The van der Waals surface area contributed by atoms with Gasteiger partial charge in [0.05, 0.1) is 0 Å². The molecule has 1 aromatic heterocycles. The van der Waals surface area contributed by atoms with E-state index in [0.29, 0.717) is 0 Å². The summed E-state index contributed by atoms with van der Waals surface area (Å²) < 4.78 is 3.55. The number of nitrogens with one attached hydrogen (secondary N) is 1. The highest BCUT2D eigenvalue weighted by Gasteiger charge is 2.27. The van der Waals surface area contributed by atoms with Gasteiger partial charge in [0.1, 0.15) is 4.64 Å². The highest BCUT2D eigenvalue weighted by molar-refractivity contribution is 7.72. The molecule has 3 unspecified atom stereocenters. The molecule has 1 fully saturated rings. The number of aromatic amines is 1. The normalized spacial score (nSPS) is 25.3. The summed E-state index contributed by atoms with van der Waals surface area (Å²) in [5, 5.41) is 0. The topological polar surface area (TPSA) is 20.7 Å². The SMILES string of the molecule is CC1CC(C)C(CCCCCCn2ccc(=S)[nH]c2=S)C1. The second kappa shape index (κ2) is 8.23. The summed E-state index contributed by atoms with van der Waals surface area (Å²) in [6.45, 7) is 5.85. The molecule has 0 spiro atoms. The van der Waals surface area contributed by atoms with Crippen LogP contribution in [0.5, 0.6) is 0 Å². The lowest BCUT2D eigenvalue weighted by Crippen LogP contribution is -2.04. The molecule has 0 amide bonds. The summed E-state index contributed by atoms with van der Waals surface area (Å²) in [4.78, 5) is 3.03. The van der Waals surface area contributed by atoms with Crippen LogP contribution in [-0.4, -0.2) is 9.55 Å². The molecule has 2 rings (SSSR count). The van der Waals surface area contributed by atoms with E-state index in [1.165, 1.54) is 44.9 Å². The lowest BCUT2D eigenvalue weighted by molar-refractivity contribution is 0.372. The maximum absolute atomic E-state index is 5.28. The van der Waals surface area contributed by atoms with Crippen molar-refractivity contribution in [3.05, 3.63) is 21.7 Å². The van der Waals surface area contributed by atoms with E-state index in [1.54, 1.807) is 0 Å². The van der Waals surface area contributed by atoms with Crippen LogP contribution < -0.4 is 0 Å². The van der Waals surface area contributed by atoms with Gasteiger partial charge in [0.15, 0.2) is 4.77 Å². The molecule has 1 saturated carbocycles. The van der Waals surface area contributed by atoms with Crippen molar-refractivity contribution in [1.82, 2.24) is 9.55 Å². The Labute approximate surface area is 139 Å². The van der Waals surface area contributed by atoms with E-state index in [2.05, 4.69) is 23.4 Å². The number of H-pyrrole nitrogens is 1. The minimum Gasteiger partial charge on any atom is -0.325 e. The Bertz CT molecular complexity index is 546. The molecule has 21 heavy (non-hydrogen) atoms. The summed E-state index contributed by atoms with van der Waals surface area (Å²) in [6.07, 6.45) is 11.6. The maximum Gasteiger partial charge on any atom is 0.178 e. The summed E-state index contributed by atoms with van der Waals surface area (Å²) in [5.41, 5.74) is 0. The fraction of sp³-hybridized carbons (Fsp3) is 0.765. The third-order valence-electron chi connectivity index (χ3n) is 4.90. The standard InChI is InChI=1S/C17H28N2S2/c1-13-11-14(2)15(12-13)7-5-3-4-6-9-19-10-8-16(20)18-17(19)21/h8,10,13-15H,3-7,9,11-12H2,1-2H3,(H,18,20,21). The zero-order chi connectivity index (χ0) is 15.2. The Morgan fingerprint density at radius 2 is 1.90 bits per heavy atom. The van der Waals surface area contributed by atoms with Crippen LogP contribution in [0.15, 0.2) is 12.3 Å². The van der Waals surface area contributed by atoms with Gasteiger partial charge in [-0.1, -0.05) is 51.7 Å². The quantitative estimate of drug-likeness (QED) is 0.497. The molecule has 4 heteroatoms. The lowest BCUT2D eigenvalue weighted by Gasteiger charge is -2.14. The number of nitrogens with zero attached hydrogens (tertiary/aromatic N) is 1. The van der Waals surface area contributed by atoms with E-state index >= 15 is 0 Å². The minimum absolute atomic E-state index is 0.719. The van der Waals surface area contributed by atoms with Crippen molar-refractivity contribution >= 4 is 24.4 Å². The van der Waals surface area contributed by atoms with Crippen LogP contribution >= 0.6 is 24.4 Å². The fourth-order valence-corrected chi connectivity index (χ4v) is 4.22. The molecule has 0 aromatic carbocycles.